The predicted octanol–water partition coefficient (Wildman–Crippen LogP) is 2.62. The van der Waals surface area contributed by atoms with Crippen molar-refractivity contribution < 1.29 is 18.7 Å². The van der Waals surface area contributed by atoms with E-state index in [9.17, 15) is 18.7 Å². The van der Waals surface area contributed by atoms with Crippen LogP contribution in [0.1, 0.15) is 32.8 Å². The van der Waals surface area contributed by atoms with Gasteiger partial charge in [0.15, 0.2) is 0 Å². The summed E-state index contributed by atoms with van der Waals surface area (Å²) in [6, 6.07) is 8.69. The molecule has 0 aliphatic carbocycles. The summed E-state index contributed by atoms with van der Waals surface area (Å²) >= 11 is 0. The van der Waals surface area contributed by atoms with Gasteiger partial charge in [-0.05, 0) is 5.56 Å². The van der Waals surface area contributed by atoms with E-state index in [1.807, 2.05) is 0 Å². The van der Waals surface area contributed by atoms with Crippen LogP contribution in [0.5, 0.6) is 0 Å². The van der Waals surface area contributed by atoms with Gasteiger partial charge in [0.05, 0.1) is 5.71 Å². The Bertz CT molecular complexity index is 567. The average Bonchev–Trinajstić information content (AvgIpc) is 2.78. The minimum atomic E-state index is -3.49. The van der Waals surface area contributed by atoms with E-state index in [0.717, 1.165) is 0 Å². The number of hydrogen-bond acceptors (Lipinski definition) is 3. The van der Waals surface area contributed by atoms with Crippen LogP contribution >= 0.6 is 0 Å². The van der Waals surface area contributed by atoms with E-state index in [0.29, 0.717) is 17.5 Å². The molecule has 1 aromatic carbocycles. The maximum absolute atomic E-state index is 13.9. The topological polar surface area (TPSA) is 52.9 Å². The van der Waals surface area contributed by atoms with Gasteiger partial charge in [-0.25, -0.2) is 8.78 Å². The Balaban J connectivity index is 2.45. The maximum atomic E-state index is 13.9. The van der Waals surface area contributed by atoms with Crippen LogP contribution in [0.4, 0.5) is 8.78 Å². The van der Waals surface area contributed by atoms with E-state index < -0.39 is 29.9 Å². The average molecular weight is 296 g/mol. The van der Waals surface area contributed by atoms with Crippen LogP contribution in [-0.2, 0) is 4.79 Å². The van der Waals surface area contributed by atoms with Gasteiger partial charge in [-0.3, -0.25) is 4.79 Å². The second-order valence-corrected chi connectivity index (χ2v) is 5.60. The first-order valence-electron chi connectivity index (χ1n) is 6.74. The Morgan fingerprint density at radius 1 is 1.38 bits per heavy atom. The lowest BCUT2D eigenvalue weighted by Crippen LogP contribution is -2.58. The highest BCUT2D eigenvalue weighted by atomic mass is 19.3. The fourth-order valence-corrected chi connectivity index (χ4v) is 2.15. The predicted molar refractivity (Wildman–Crippen MR) is 74.9 cm³/mol. The van der Waals surface area contributed by atoms with E-state index >= 15 is 0 Å². The summed E-state index contributed by atoms with van der Waals surface area (Å²) in [7, 11) is 0. The van der Waals surface area contributed by atoms with E-state index in [1.54, 1.807) is 44.2 Å². The van der Waals surface area contributed by atoms with Crippen molar-refractivity contribution in [2.75, 3.05) is 0 Å². The summed E-state index contributed by atoms with van der Waals surface area (Å²) in [6.07, 6.45) is -0.404. The number of hydrogen-bond donors (Lipinski definition) is 1. The third-order valence-corrected chi connectivity index (χ3v) is 3.50. The number of benzene rings is 1. The number of amides is 1. The summed E-state index contributed by atoms with van der Waals surface area (Å²) in [4.78, 5) is 12.1. The summed E-state index contributed by atoms with van der Waals surface area (Å²) < 4.78 is 27.7. The lowest BCUT2D eigenvalue weighted by atomic mass is 9.96. The molecule has 0 unspecified atom stereocenters. The first-order chi connectivity index (χ1) is 9.67. The molecular formula is C15H18F2N2O2. The van der Waals surface area contributed by atoms with Crippen LogP contribution in [0, 0.1) is 5.92 Å². The summed E-state index contributed by atoms with van der Waals surface area (Å²) in [6.45, 7) is 3.75. The second kappa shape index (κ2) is 5.18. The Kier molecular flexibility index (Phi) is 3.84. The second-order valence-electron chi connectivity index (χ2n) is 5.60. The van der Waals surface area contributed by atoms with Crippen LogP contribution in [0.25, 0.3) is 0 Å². The standard InChI is InChI=1S/C15H18F2N2O2/c1-10(2)13(20)19-15(21,14(3,16)17)9-12(18-19)11-7-5-4-6-8-11/h4-8,10,21H,9H2,1-3H3/t15-/m0/s1. The van der Waals surface area contributed by atoms with Crippen molar-refractivity contribution in [1.82, 2.24) is 5.01 Å². The Hall–Kier alpha value is -1.82. The van der Waals surface area contributed by atoms with Crippen LogP contribution in [0.15, 0.2) is 35.4 Å². The van der Waals surface area contributed by atoms with Crippen LogP contribution in [-0.4, -0.2) is 33.4 Å². The Labute approximate surface area is 122 Å². The van der Waals surface area contributed by atoms with Crippen LogP contribution < -0.4 is 0 Å². The number of carbonyl (C=O) groups excluding carboxylic acids is 1. The molecule has 1 N–H and O–H groups in total. The first kappa shape index (κ1) is 15.6. The van der Waals surface area contributed by atoms with Gasteiger partial charge in [0, 0.05) is 19.3 Å². The molecule has 1 atom stereocenters. The number of aliphatic hydroxyl groups is 1. The molecular weight excluding hydrogens is 278 g/mol. The summed E-state index contributed by atoms with van der Waals surface area (Å²) in [5.41, 5.74) is -1.74. The van der Waals surface area contributed by atoms with Gasteiger partial charge < -0.3 is 5.11 Å². The molecule has 21 heavy (non-hydrogen) atoms. The molecule has 0 bridgehead atoms. The molecule has 1 heterocycles. The number of carbonyl (C=O) groups is 1. The Morgan fingerprint density at radius 2 is 1.95 bits per heavy atom. The fraction of sp³-hybridized carbons (Fsp3) is 0.467. The van der Waals surface area contributed by atoms with Gasteiger partial charge in [0.2, 0.25) is 11.6 Å². The zero-order chi connectivity index (χ0) is 15.8. The van der Waals surface area contributed by atoms with Crippen molar-refractivity contribution in [1.29, 1.82) is 0 Å². The normalized spacial score (nSPS) is 22.6. The van der Waals surface area contributed by atoms with Crippen LogP contribution in [0.3, 0.4) is 0 Å². The van der Waals surface area contributed by atoms with E-state index in [2.05, 4.69) is 5.10 Å². The van der Waals surface area contributed by atoms with Gasteiger partial charge >= 0.3 is 0 Å². The van der Waals surface area contributed by atoms with Crippen molar-refractivity contribution >= 4 is 11.6 Å². The zero-order valence-electron chi connectivity index (χ0n) is 12.2. The fourth-order valence-electron chi connectivity index (χ4n) is 2.15. The number of alkyl halides is 2. The number of nitrogens with zero attached hydrogens (tertiary/aromatic N) is 2. The molecule has 0 fully saturated rings. The van der Waals surface area contributed by atoms with Gasteiger partial charge in [0.25, 0.3) is 5.92 Å². The third-order valence-electron chi connectivity index (χ3n) is 3.50. The summed E-state index contributed by atoms with van der Waals surface area (Å²) in [5.74, 6) is -4.67. The monoisotopic (exact) mass is 296 g/mol. The van der Waals surface area contributed by atoms with Gasteiger partial charge in [0.1, 0.15) is 0 Å². The molecule has 114 valence electrons. The van der Waals surface area contributed by atoms with E-state index in [-0.39, 0.29) is 5.71 Å². The zero-order valence-corrected chi connectivity index (χ0v) is 12.2. The molecule has 4 nitrogen and oxygen atoms in total. The Morgan fingerprint density at radius 3 is 2.43 bits per heavy atom. The van der Waals surface area contributed by atoms with Crippen molar-refractivity contribution in [3.05, 3.63) is 35.9 Å². The highest BCUT2D eigenvalue weighted by molar-refractivity contribution is 6.03. The third kappa shape index (κ3) is 2.68. The molecule has 1 aromatic rings. The van der Waals surface area contributed by atoms with Gasteiger partial charge in [-0.2, -0.15) is 10.1 Å². The molecule has 1 aliphatic heterocycles. The highest BCUT2D eigenvalue weighted by Gasteiger charge is 2.59. The molecule has 0 saturated heterocycles. The molecule has 0 spiro atoms. The van der Waals surface area contributed by atoms with Crippen molar-refractivity contribution in [3.63, 3.8) is 0 Å². The number of halogens is 2. The summed E-state index contributed by atoms with van der Waals surface area (Å²) in [5, 5.41) is 14.9. The smallest absolute Gasteiger partial charge is 0.294 e. The number of hydrazone groups is 1. The van der Waals surface area contributed by atoms with E-state index in [1.165, 1.54) is 0 Å². The van der Waals surface area contributed by atoms with Gasteiger partial charge in [-0.15, -0.1) is 0 Å². The van der Waals surface area contributed by atoms with Gasteiger partial charge in [-0.1, -0.05) is 44.2 Å². The quantitative estimate of drug-likeness (QED) is 0.932. The molecule has 2 rings (SSSR count). The van der Waals surface area contributed by atoms with Crippen molar-refractivity contribution in [2.24, 2.45) is 11.0 Å². The van der Waals surface area contributed by atoms with Crippen molar-refractivity contribution in [3.8, 4) is 0 Å². The first-order valence-corrected chi connectivity index (χ1v) is 6.74. The SMILES string of the molecule is CC(C)C(=O)N1N=C(c2ccccc2)C[C@]1(O)C(C)(F)F. The molecule has 1 aliphatic rings. The molecule has 1 amide bonds. The number of rotatable bonds is 3. The largest absolute Gasteiger partial charge is 0.364 e. The minimum Gasteiger partial charge on any atom is -0.364 e. The molecule has 0 aromatic heterocycles. The molecule has 6 heteroatoms. The molecule has 0 radical (unpaired) electrons. The molecule has 0 saturated carbocycles. The van der Waals surface area contributed by atoms with E-state index in [4.69, 9.17) is 0 Å². The lowest BCUT2D eigenvalue weighted by molar-refractivity contribution is -0.236. The van der Waals surface area contributed by atoms with Crippen LogP contribution in [0.2, 0.25) is 0 Å². The highest BCUT2D eigenvalue weighted by Crippen LogP contribution is 2.40. The lowest BCUT2D eigenvalue weighted by Gasteiger charge is -2.36. The van der Waals surface area contributed by atoms with Crippen molar-refractivity contribution in [2.45, 2.75) is 38.8 Å². The minimum absolute atomic E-state index is 0.272. The maximum Gasteiger partial charge on any atom is 0.294 e.